The summed E-state index contributed by atoms with van der Waals surface area (Å²) in [7, 11) is 1.56. The first-order valence-corrected chi connectivity index (χ1v) is 6.15. The van der Waals surface area contributed by atoms with Crippen molar-refractivity contribution in [2.45, 2.75) is 13.0 Å². The van der Waals surface area contributed by atoms with E-state index in [1.807, 2.05) is 18.2 Å². The Kier molecular flexibility index (Phi) is 3.99. The molecule has 0 aromatic heterocycles. The summed E-state index contributed by atoms with van der Waals surface area (Å²) >= 11 is 0. The first-order valence-electron chi connectivity index (χ1n) is 6.15. The second-order valence-electron chi connectivity index (χ2n) is 4.96. The molecule has 1 N–H and O–H groups in total. The van der Waals surface area contributed by atoms with Crippen molar-refractivity contribution in [3.63, 3.8) is 0 Å². The molecule has 0 bridgehead atoms. The van der Waals surface area contributed by atoms with Crippen LogP contribution in [0.2, 0.25) is 0 Å². The minimum absolute atomic E-state index is 0.285. The lowest BCUT2D eigenvalue weighted by molar-refractivity contribution is -0.151. The lowest BCUT2D eigenvalue weighted by Gasteiger charge is -2.23. The Morgan fingerprint density at radius 2 is 2.17 bits per heavy atom. The molecule has 0 radical (unpaired) electrons. The third kappa shape index (κ3) is 2.71. The van der Waals surface area contributed by atoms with Crippen molar-refractivity contribution in [2.24, 2.45) is 5.41 Å². The van der Waals surface area contributed by atoms with Gasteiger partial charge in [-0.3, -0.25) is 9.69 Å². The summed E-state index contributed by atoms with van der Waals surface area (Å²) in [6, 6.07) is 10.1. The van der Waals surface area contributed by atoms with Gasteiger partial charge in [0.25, 0.3) is 0 Å². The molecule has 0 spiro atoms. The molecular weight excluding hydrogens is 230 g/mol. The average molecular weight is 249 g/mol. The molecule has 18 heavy (non-hydrogen) atoms. The fourth-order valence-electron chi connectivity index (χ4n) is 2.57. The van der Waals surface area contributed by atoms with Crippen molar-refractivity contribution in [3.8, 4) is 0 Å². The number of carbonyl (C=O) groups is 1. The van der Waals surface area contributed by atoms with E-state index < -0.39 is 11.4 Å². The topological polar surface area (TPSA) is 49.8 Å². The first kappa shape index (κ1) is 13.1. The van der Waals surface area contributed by atoms with E-state index in [2.05, 4.69) is 17.0 Å². The van der Waals surface area contributed by atoms with E-state index in [4.69, 9.17) is 4.74 Å². The molecule has 1 saturated heterocycles. The van der Waals surface area contributed by atoms with Crippen LogP contribution in [0.15, 0.2) is 30.3 Å². The van der Waals surface area contributed by atoms with Crippen LogP contribution in [0.5, 0.6) is 0 Å². The molecule has 1 aromatic carbocycles. The molecule has 1 aromatic rings. The summed E-state index contributed by atoms with van der Waals surface area (Å²) in [5.74, 6) is -0.750. The highest BCUT2D eigenvalue weighted by Crippen LogP contribution is 2.32. The summed E-state index contributed by atoms with van der Waals surface area (Å²) in [5, 5.41) is 9.37. The Balaban J connectivity index is 2.01. The third-order valence-electron chi connectivity index (χ3n) is 3.56. The lowest BCUT2D eigenvalue weighted by atomic mass is 9.88. The standard InChI is InChI=1S/C14H19NO3/c1-18-11-14(13(16)17)7-8-15(10-14)9-12-5-3-2-4-6-12/h2-6H,7-11H2,1H3,(H,16,17). The van der Waals surface area contributed by atoms with Crippen molar-refractivity contribution in [1.82, 2.24) is 4.90 Å². The molecule has 1 unspecified atom stereocenters. The van der Waals surface area contributed by atoms with Crippen LogP contribution in [-0.4, -0.2) is 42.8 Å². The van der Waals surface area contributed by atoms with Gasteiger partial charge in [-0.1, -0.05) is 30.3 Å². The highest BCUT2D eigenvalue weighted by molar-refractivity contribution is 5.75. The predicted octanol–water partition coefficient (Wildman–Crippen LogP) is 1.61. The SMILES string of the molecule is COCC1(C(=O)O)CCN(Cc2ccccc2)C1. The largest absolute Gasteiger partial charge is 0.481 e. The van der Waals surface area contributed by atoms with Gasteiger partial charge in [-0.25, -0.2) is 0 Å². The molecule has 0 amide bonds. The third-order valence-corrected chi connectivity index (χ3v) is 3.56. The van der Waals surface area contributed by atoms with Gasteiger partial charge in [0.15, 0.2) is 0 Å². The number of hydrogen-bond donors (Lipinski definition) is 1. The smallest absolute Gasteiger partial charge is 0.313 e. The van der Waals surface area contributed by atoms with Gasteiger partial charge in [-0.15, -0.1) is 0 Å². The lowest BCUT2D eigenvalue weighted by Crippen LogP contribution is -2.38. The van der Waals surface area contributed by atoms with Crippen LogP contribution < -0.4 is 0 Å². The number of methoxy groups -OCH3 is 1. The number of rotatable bonds is 5. The maximum Gasteiger partial charge on any atom is 0.313 e. The van der Waals surface area contributed by atoms with Crippen LogP contribution in [0, 0.1) is 5.41 Å². The number of aliphatic carboxylic acids is 1. The monoisotopic (exact) mass is 249 g/mol. The van der Waals surface area contributed by atoms with Gasteiger partial charge in [0.05, 0.1) is 6.61 Å². The number of benzene rings is 1. The summed E-state index contributed by atoms with van der Waals surface area (Å²) < 4.78 is 5.08. The molecule has 1 aliphatic rings. The van der Waals surface area contributed by atoms with Crippen molar-refractivity contribution < 1.29 is 14.6 Å². The fourth-order valence-corrected chi connectivity index (χ4v) is 2.57. The zero-order valence-corrected chi connectivity index (χ0v) is 10.6. The van der Waals surface area contributed by atoms with Gasteiger partial charge < -0.3 is 9.84 Å². The summed E-state index contributed by atoms with van der Waals surface area (Å²) in [6.07, 6.45) is 0.656. The van der Waals surface area contributed by atoms with E-state index in [1.54, 1.807) is 7.11 Å². The molecule has 4 nitrogen and oxygen atoms in total. The number of hydrogen-bond acceptors (Lipinski definition) is 3. The van der Waals surface area contributed by atoms with Gasteiger partial charge in [0.2, 0.25) is 0 Å². The molecule has 0 saturated carbocycles. The minimum atomic E-state index is -0.750. The number of carboxylic acid groups (broad SMARTS) is 1. The van der Waals surface area contributed by atoms with Crippen molar-refractivity contribution in [2.75, 3.05) is 26.8 Å². The molecular formula is C14H19NO3. The number of carboxylic acids is 1. The second kappa shape index (κ2) is 5.50. The minimum Gasteiger partial charge on any atom is -0.481 e. The van der Waals surface area contributed by atoms with Gasteiger partial charge in [-0.05, 0) is 18.5 Å². The Morgan fingerprint density at radius 1 is 1.44 bits per heavy atom. The Morgan fingerprint density at radius 3 is 2.78 bits per heavy atom. The fraction of sp³-hybridized carbons (Fsp3) is 0.500. The van der Waals surface area contributed by atoms with E-state index in [1.165, 1.54) is 5.56 Å². The Bertz CT molecular complexity index is 407. The number of likely N-dealkylation sites (tertiary alicyclic amines) is 1. The zero-order chi connectivity index (χ0) is 13.0. The zero-order valence-electron chi connectivity index (χ0n) is 10.6. The van der Waals surface area contributed by atoms with Crippen LogP contribution in [0.3, 0.4) is 0 Å². The van der Waals surface area contributed by atoms with E-state index in [9.17, 15) is 9.90 Å². The number of ether oxygens (including phenoxy) is 1. The average Bonchev–Trinajstić information content (AvgIpc) is 2.76. The van der Waals surface area contributed by atoms with E-state index in [0.29, 0.717) is 13.0 Å². The van der Waals surface area contributed by atoms with E-state index >= 15 is 0 Å². The van der Waals surface area contributed by atoms with E-state index in [0.717, 1.165) is 13.1 Å². The summed E-state index contributed by atoms with van der Waals surface area (Å²) in [4.78, 5) is 13.6. The highest BCUT2D eigenvalue weighted by atomic mass is 16.5. The first-order chi connectivity index (χ1) is 8.66. The van der Waals surface area contributed by atoms with Gasteiger partial charge in [-0.2, -0.15) is 0 Å². The molecule has 1 fully saturated rings. The highest BCUT2D eigenvalue weighted by Gasteiger charge is 2.44. The van der Waals surface area contributed by atoms with Crippen LogP contribution in [-0.2, 0) is 16.1 Å². The molecule has 1 aliphatic heterocycles. The predicted molar refractivity (Wildman–Crippen MR) is 68.3 cm³/mol. The number of nitrogens with zero attached hydrogens (tertiary/aromatic N) is 1. The molecule has 4 heteroatoms. The van der Waals surface area contributed by atoms with Crippen molar-refractivity contribution >= 4 is 5.97 Å². The van der Waals surface area contributed by atoms with Crippen molar-refractivity contribution in [1.29, 1.82) is 0 Å². The molecule has 2 rings (SSSR count). The maximum absolute atomic E-state index is 11.4. The molecule has 98 valence electrons. The normalized spacial score (nSPS) is 24.3. The molecule has 1 atom stereocenters. The molecule has 0 aliphatic carbocycles. The van der Waals surface area contributed by atoms with Crippen molar-refractivity contribution in [3.05, 3.63) is 35.9 Å². The van der Waals surface area contributed by atoms with Gasteiger partial charge in [0, 0.05) is 20.2 Å². The van der Waals surface area contributed by atoms with Gasteiger partial charge >= 0.3 is 5.97 Å². The van der Waals surface area contributed by atoms with Gasteiger partial charge in [0.1, 0.15) is 5.41 Å². The van der Waals surface area contributed by atoms with Crippen LogP contribution in [0.4, 0.5) is 0 Å². The summed E-state index contributed by atoms with van der Waals surface area (Å²) in [6.45, 7) is 2.46. The van der Waals surface area contributed by atoms with Crippen LogP contribution in [0.25, 0.3) is 0 Å². The van der Waals surface area contributed by atoms with E-state index in [-0.39, 0.29) is 6.61 Å². The van der Waals surface area contributed by atoms with Crippen LogP contribution in [0.1, 0.15) is 12.0 Å². The summed E-state index contributed by atoms with van der Waals surface area (Å²) in [5.41, 5.74) is 0.486. The maximum atomic E-state index is 11.4. The Hall–Kier alpha value is -1.39. The second-order valence-corrected chi connectivity index (χ2v) is 4.96. The van der Waals surface area contributed by atoms with Crippen LogP contribution >= 0.6 is 0 Å². The quantitative estimate of drug-likeness (QED) is 0.861. The Labute approximate surface area is 107 Å². The molecule has 1 heterocycles.